The molecular weight excluding hydrogens is 434 g/mol. The van der Waals surface area contributed by atoms with Gasteiger partial charge in [-0.25, -0.2) is 4.79 Å². The molecule has 1 saturated heterocycles. The van der Waals surface area contributed by atoms with E-state index in [-0.39, 0.29) is 18.4 Å². The number of aryl methyl sites for hydroxylation is 1. The second kappa shape index (κ2) is 9.04. The fourth-order valence-corrected chi connectivity index (χ4v) is 5.02. The fourth-order valence-electron chi connectivity index (χ4n) is 5.02. The second-order valence-electron chi connectivity index (χ2n) is 8.91. The average Bonchev–Trinajstić information content (AvgIpc) is 3.39. The summed E-state index contributed by atoms with van der Waals surface area (Å²) in [5.41, 5.74) is 0.647. The number of rotatable bonds is 6. The van der Waals surface area contributed by atoms with Gasteiger partial charge in [0.2, 0.25) is 11.5 Å². The highest BCUT2D eigenvalue weighted by Crippen LogP contribution is 2.48. The first-order valence-corrected chi connectivity index (χ1v) is 11.5. The molecule has 3 N–H and O–H groups in total. The van der Waals surface area contributed by atoms with E-state index in [1.165, 1.54) is 0 Å². The molecule has 5 rings (SSSR count). The Morgan fingerprint density at radius 3 is 2.35 bits per heavy atom. The van der Waals surface area contributed by atoms with Gasteiger partial charge in [0.25, 0.3) is 0 Å². The van der Waals surface area contributed by atoms with Gasteiger partial charge in [0.15, 0.2) is 5.82 Å². The molecule has 2 aliphatic rings. The Labute approximate surface area is 197 Å². The van der Waals surface area contributed by atoms with Crippen LogP contribution in [-0.2, 0) is 19.9 Å². The summed E-state index contributed by atoms with van der Waals surface area (Å²) >= 11 is 0. The monoisotopic (exact) mass is 461 g/mol. The van der Waals surface area contributed by atoms with Crippen LogP contribution in [0.2, 0.25) is 0 Å². The first-order chi connectivity index (χ1) is 16.5. The molecule has 8 heteroatoms. The highest BCUT2D eigenvalue weighted by Gasteiger charge is 2.49. The molecule has 1 aliphatic heterocycles. The van der Waals surface area contributed by atoms with Crippen LogP contribution in [0.5, 0.6) is 0 Å². The van der Waals surface area contributed by atoms with E-state index in [0.29, 0.717) is 22.7 Å². The van der Waals surface area contributed by atoms with Crippen molar-refractivity contribution < 1.29 is 24.0 Å². The smallest absolute Gasteiger partial charge is 0.347 e. The van der Waals surface area contributed by atoms with Gasteiger partial charge in [-0.05, 0) is 49.9 Å². The van der Waals surface area contributed by atoms with Crippen LogP contribution in [0.3, 0.4) is 0 Å². The van der Waals surface area contributed by atoms with E-state index in [9.17, 15) is 14.7 Å². The van der Waals surface area contributed by atoms with Gasteiger partial charge in [-0.3, -0.25) is 4.79 Å². The van der Waals surface area contributed by atoms with Gasteiger partial charge >= 0.3 is 5.97 Å². The van der Waals surface area contributed by atoms with E-state index in [0.717, 1.165) is 37.1 Å². The first kappa shape index (κ1) is 22.3. The maximum atomic E-state index is 13.4. The van der Waals surface area contributed by atoms with E-state index >= 15 is 0 Å². The molecule has 1 amide bonds. The Morgan fingerprint density at radius 2 is 1.76 bits per heavy atom. The number of fused-ring (bicyclic) bond motifs is 3. The standard InChI is InChI=1S/C26H27N3O5/c1-16-14-23(29-34-16)28-24(30)20(17-10-12-27-13-11-17)15-33-25(31)26(32)21-8-4-2-6-18(21)19-7-3-5-9-22(19)26/h2-9,14,17,20,27,32H,10-13,15H2,1H3,(H,28,29,30). The number of anilines is 1. The number of ether oxygens (including phenoxy) is 1. The third kappa shape index (κ3) is 3.89. The Morgan fingerprint density at radius 1 is 1.15 bits per heavy atom. The van der Waals surface area contributed by atoms with Crippen LogP contribution in [0, 0.1) is 18.8 Å². The third-order valence-electron chi connectivity index (χ3n) is 6.78. The van der Waals surface area contributed by atoms with Gasteiger partial charge < -0.3 is 25.0 Å². The van der Waals surface area contributed by atoms with Crippen LogP contribution in [0.25, 0.3) is 11.1 Å². The van der Waals surface area contributed by atoms with Crippen LogP contribution in [-0.4, -0.2) is 41.8 Å². The van der Waals surface area contributed by atoms with E-state index in [1.54, 1.807) is 37.3 Å². The molecule has 2 aromatic carbocycles. The molecule has 0 radical (unpaired) electrons. The van der Waals surface area contributed by atoms with Crippen molar-refractivity contribution in [1.82, 2.24) is 10.5 Å². The number of nitrogens with zero attached hydrogens (tertiary/aromatic N) is 1. The fraction of sp³-hybridized carbons (Fsp3) is 0.346. The van der Waals surface area contributed by atoms with E-state index in [1.807, 2.05) is 24.3 Å². The molecule has 176 valence electrons. The zero-order valence-electron chi connectivity index (χ0n) is 18.9. The molecule has 1 unspecified atom stereocenters. The largest absolute Gasteiger partial charge is 0.462 e. The minimum Gasteiger partial charge on any atom is -0.462 e. The molecule has 0 bridgehead atoms. The quantitative estimate of drug-likeness (QED) is 0.484. The number of aliphatic hydroxyl groups is 1. The Hall–Kier alpha value is -3.49. The Balaban J connectivity index is 1.38. The maximum Gasteiger partial charge on any atom is 0.347 e. The molecule has 0 spiro atoms. The van der Waals surface area contributed by atoms with Crippen molar-refractivity contribution in [2.45, 2.75) is 25.4 Å². The predicted molar refractivity (Wildman–Crippen MR) is 125 cm³/mol. The summed E-state index contributed by atoms with van der Waals surface area (Å²) in [7, 11) is 0. The predicted octanol–water partition coefficient (Wildman–Crippen LogP) is 3.00. The van der Waals surface area contributed by atoms with Crippen LogP contribution in [0.15, 0.2) is 59.1 Å². The summed E-state index contributed by atoms with van der Waals surface area (Å²) in [5, 5.41) is 21.6. The lowest BCUT2D eigenvalue weighted by molar-refractivity contribution is -0.164. The van der Waals surface area contributed by atoms with Gasteiger partial charge in [-0.15, -0.1) is 0 Å². The average molecular weight is 462 g/mol. The van der Waals surface area contributed by atoms with Gasteiger partial charge in [0.1, 0.15) is 12.4 Å². The maximum absolute atomic E-state index is 13.4. The number of carbonyl (C=O) groups excluding carboxylic acids is 2. The number of esters is 1. The molecular formula is C26H27N3O5. The summed E-state index contributed by atoms with van der Waals surface area (Å²) in [6, 6.07) is 16.2. The van der Waals surface area contributed by atoms with Crippen molar-refractivity contribution in [3.63, 3.8) is 0 Å². The van der Waals surface area contributed by atoms with Crippen molar-refractivity contribution >= 4 is 17.7 Å². The molecule has 3 aromatic rings. The number of nitrogens with one attached hydrogen (secondary N) is 2. The number of piperidine rings is 1. The summed E-state index contributed by atoms with van der Waals surface area (Å²) in [6.45, 7) is 3.18. The lowest BCUT2D eigenvalue weighted by atomic mass is 9.84. The molecule has 1 aromatic heterocycles. The highest BCUT2D eigenvalue weighted by atomic mass is 16.6. The van der Waals surface area contributed by atoms with Crippen molar-refractivity contribution in [3.05, 3.63) is 71.5 Å². The normalized spacial score (nSPS) is 17.5. The number of amides is 1. The number of hydrogen-bond acceptors (Lipinski definition) is 7. The zero-order chi connectivity index (χ0) is 23.7. The van der Waals surface area contributed by atoms with Crippen molar-refractivity contribution in [2.24, 2.45) is 11.8 Å². The molecule has 8 nitrogen and oxygen atoms in total. The third-order valence-corrected chi connectivity index (χ3v) is 6.78. The van der Waals surface area contributed by atoms with Gasteiger partial charge in [0.05, 0.1) is 5.92 Å². The molecule has 0 saturated carbocycles. The Bertz CT molecular complexity index is 1170. The lowest BCUT2D eigenvalue weighted by Crippen LogP contribution is -2.42. The van der Waals surface area contributed by atoms with Crippen molar-refractivity contribution in [3.8, 4) is 11.1 Å². The second-order valence-corrected chi connectivity index (χ2v) is 8.91. The summed E-state index contributed by atoms with van der Waals surface area (Å²) in [5.74, 6) is -0.717. The van der Waals surface area contributed by atoms with Crippen molar-refractivity contribution in [1.29, 1.82) is 0 Å². The SMILES string of the molecule is Cc1cc(NC(=O)C(COC(=O)C2(O)c3ccccc3-c3ccccc32)C2CCNCC2)no1. The van der Waals surface area contributed by atoms with E-state index < -0.39 is 17.5 Å². The van der Waals surface area contributed by atoms with Crippen molar-refractivity contribution in [2.75, 3.05) is 25.0 Å². The molecule has 1 atom stereocenters. The van der Waals surface area contributed by atoms with Crippen LogP contribution in [0.4, 0.5) is 5.82 Å². The topological polar surface area (TPSA) is 114 Å². The van der Waals surface area contributed by atoms with E-state index in [4.69, 9.17) is 9.26 Å². The molecule has 34 heavy (non-hydrogen) atoms. The van der Waals surface area contributed by atoms with Crippen LogP contribution < -0.4 is 10.6 Å². The first-order valence-electron chi connectivity index (χ1n) is 11.5. The van der Waals surface area contributed by atoms with Gasteiger partial charge in [-0.1, -0.05) is 53.7 Å². The Kier molecular flexibility index (Phi) is 5.93. The minimum absolute atomic E-state index is 0.0276. The molecule has 1 fully saturated rings. The number of carbonyl (C=O) groups is 2. The van der Waals surface area contributed by atoms with Gasteiger partial charge in [0, 0.05) is 17.2 Å². The summed E-state index contributed by atoms with van der Waals surface area (Å²) < 4.78 is 10.8. The lowest BCUT2D eigenvalue weighted by Gasteiger charge is -2.30. The van der Waals surface area contributed by atoms with Crippen LogP contribution >= 0.6 is 0 Å². The highest BCUT2D eigenvalue weighted by molar-refractivity contribution is 5.96. The minimum atomic E-state index is -1.93. The molecule has 1 aliphatic carbocycles. The number of hydrogen-bond donors (Lipinski definition) is 3. The zero-order valence-corrected chi connectivity index (χ0v) is 18.9. The van der Waals surface area contributed by atoms with E-state index in [2.05, 4.69) is 15.8 Å². The number of benzene rings is 2. The van der Waals surface area contributed by atoms with Crippen LogP contribution in [0.1, 0.15) is 29.7 Å². The summed E-state index contributed by atoms with van der Waals surface area (Å²) in [6.07, 6.45) is 1.56. The molecule has 2 heterocycles. The van der Waals surface area contributed by atoms with Gasteiger partial charge in [-0.2, -0.15) is 0 Å². The summed E-state index contributed by atoms with van der Waals surface area (Å²) in [4.78, 5) is 26.6. The number of aromatic nitrogens is 1.